The number of methoxy groups -OCH3 is 2. The van der Waals surface area contributed by atoms with Crippen molar-refractivity contribution in [3.63, 3.8) is 0 Å². The summed E-state index contributed by atoms with van der Waals surface area (Å²) in [7, 11) is 3.37. The summed E-state index contributed by atoms with van der Waals surface area (Å²) in [4.78, 5) is 0.689. The Hall–Kier alpha value is -4.03. The van der Waals surface area contributed by atoms with Crippen LogP contribution in [-0.4, -0.2) is 28.2 Å². The van der Waals surface area contributed by atoms with Gasteiger partial charge in [-0.1, -0.05) is 54.7 Å². The van der Waals surface area contributed by atoms with Gasteiger partial charge in [0, 0.05) is 29.6 Å². The van der Waals surface area contributed by atoms with Crippen molar-refractivity contribution in [3.05, 3.63) is 96.3 Å². The molecule has 6 heteroatoms. The maximum absolute atomic E-state index is 6.11. The number of rotatable bonds is 6. The van der Waals surface area contributed by atoms with Crippen molar-refractivity contribution in [1.29, 1.82) is 0 Å². The van der Waals surface area contributed by atoms with Gasteiger partial charge in [0.1, 0.15) is 22.1 Å². The van der Waals surface area contributed by atoms with Crippen LogP contribution in [0.15, 0.2) is 85.1 Å². The lowest BCUT2D eigenvalue weighted by Crippen LogP contribution is -2.14. The van der Waals surface area contributed by atoms with Crippen LogP contribution in [0.25, 0.3) is 28.0 Å². The molecule has 6 rings (SSSR count). The summed E-state index contributed by atoms with van der Waals surface area (Å²) >= 11 is 6.11. The van der Waals surface area contributed by atoms with Crippen molar-refractivity contribution in [2.45, 2.75) is 25.8 Å². The summed E-state index contributed by atoms with van der Waals surface area (Å²) in [6, 6.07) is 26.8. The van der Waals surface area contributed by atoms with Crippen molar-refractivity contribution in [1.82, 2.24) is 8.97 Å². The van der Waals surface area contributed by atoms with Gasteiger partial charge in [-0.15, -0.1) is 0 Å². The molecule has 5 nitrogen and oxygen atoms in total. The highest BCUT2D eigenvalue weighted by molar-refractivity contribution is 7.81. The minimum atomic E-state index is 0.689. The van der Waals surface area contributed by atoms with E-state index < -0.39 is 0 Å². The molecule has 1 N–H and O–H groups in total. The number of nitrogens with zero attached hydrogens (tertiary/aromatic N) is 2. The predicted octanol–water partition coefficient (Wildman–Crippen LogP) is 7.22. The maximum atomic E-state index is 6.11. The monoisotopic (exact) mass is 507 g/mol. The first kappa shape index (κ1) is 23.4. The highest BCUT2D eigenvalue weighted by Gasteiger charge is 2.28. The topological polar surface area (TPSA) is 39.8 Å². The fraction of sp³-hybridized carbons (Fsp3) is 0.194. The van der Waals surface area contributed by atoms with Crippen LogP contribution >= 0.6 is 12.2 Å². The second kappa shape index (κ2) is 9.79. The Labute approximate surface area is 222 Å². The van der Waals surface area contributed by atoms with E-state index in [4.69, 9.17) is 21.7 Å². The number of benzene rings is 3. The van der Waals surface area contributed by atoms with Crippen LogP contribution in [0, 0.1) is 0 Å². The largest absolute Gasteiger partial charge is 0.497 e. The van der Waals surface area contributed by atoms with Crippen molar-refractivity contribution in [2.75, 3.05) is 19.5 Å². The van der Waals surface area contributed by atoms with Crippen molar-refractivity contribution in [2.24, 2.45) is 0 Å². The summed E-state index contributed by atoms with van der Waals surface area (Å²) in [5.41, 5.74) is 9.28. The Morgan fingerprint density at radius 3 is 2.16 bits per heavy atom. The summed E-state index contributed by atoms with van der Waals surface area (Å²) in [5.74, 6) is 1.66. The van der Waals surface area contributed by atoms with Crippen molar-refractivity contribution in [3.8, 4) is 33.9 Å². The molecule has 0 atom stereocenters. The number of aryl methyl sites for hydroxylation is 2. The first-order chi connectivity index (χ1) is 18.2. The number of hydrogen-bond donors (Lipinski definition) is 1. The Morgan fingerprint density at radius 1 is 0.811 bits per heavy atom. The lowest BCUT2D eigenvalue weighted by molar-refractivity contribution is 0.415. The van der Waals surface area contributed by atoms with Gasteiger partial charge in [-0.3, -0.25) is 4.40 Å². The van der Waals surface area contributed by atoms with E-state index in [-0.39, 0.29) is 0 Å². The maximum Gasteiger partial charge on any atom is 0.128 e. The van der Waals surface area contributed by atoms with Crippen LogP contribution in [0.4, 0.5) is 5.69 Å². The molecule has 0 radical (unpaired) electrons. The van der Waals surface area contributed by atoms with Gasteiger partial charge in [-0.05, 0) is 66.8 Å². The molecule has 0 spiro atoms. The van der Waals surface area contributed by atoms with Crippen LogP contribution in [-0.2, 0) is 13.0 Å². The predicted molar refractivity (Wildman–Crippen MR) is 154 cm³/mol. The molecule has 0 saturated heterocycles. The van der Waals surface area contributed by atoms with E-state index in [2.05, 4.69) is 62.9 Å². The molecule has 186 valence electrons. The van der Waals surface area contributed by atoms with Gasteiger partial charge < -0.3 is 19.4 Å². The molecular formula is C31H29N3O2S. The Bertz CT molecular complexity index is 1570. The first-order valence-corrected chi connectivity index (χ1v) is 13.0. The molecule has 0 unspecified atom stereocenters. The lowest BCUT2D eigenvalue weighted by Gasteiger charge is -2.13. The molecule has 3 heterocycles. The number of nitrogens with one attached hydrogen (secondary N) is 1. The van der Waals surface area contributed by atoms with E-state index in [0.29, 0.717) is 4.99 Å². The third-order valence-corrected chi connectivity index (χ3v) is 7.44. The quantitative estimate of drug-likeness (QED) is 0.246. The van der Waals surface area contributed by atoms with Gasteiger partial charge in [-0.2, -0.15) is 0 Å². The molecule has 0 amide bonds. The molecular weight excluding hydrogens is 478 g/mol. The van der Waals surface area contributed by atoms with Crippen LogP contribution in [0.2, 0.25) is 0 Å². The summed E-state index contributed by atoms with van der Waals surface area (Å²) in [6.45, 7) is 0.984. The smallest absolute Gasteiger partial charge is 0.128 e. The van der Waals surface area contributed by atoms with Gasteiger partial charge in [0.2, 0.25) is 0 Å². The molecule has 0 aliphatic carbocycles. The Balaban J connectivity index is 1.57. The average Bonchev–Trinajstić information content (AvgIpc) is 3.37. The molecule has 0 bridgehead atoms. The standard InChI is InChI=1S/C31H29N3O2S/c1-35-24-15-11-22(12-16-24)28-26-10-6-7-19-33-27(21-8-4-3-5-9-21)20-34(31(26)33)29(28)30(37)32-23-13-17-25(36-2)18-14-23/h3-5,8-9,11-18,20H,6-7,10,19H2,1-2H3,(H,32,37). The molecule has 0 fully saturated rings. The fourth-order valence-electron chi connectivity index (χ4n) is 5.38. The van der Waals surface area contributed by atoms with Gasteiger partial charge in [0.25, 0.3) is 0 Å². The zero-order valence-corrected chi connectivity index (χ0v) is 21.8. The number of hydrogen-bond acceptors (Lipinski definition) is 3. The SMILES string of the molecule is COc1ccc(NC(=S)c2c(-c3ccc(OC)cc3)c3c4n(c(-c5ccccc5)cn24)CCCC3)cc1. The molecule has 3 aromatic carbocycles. The number of imidazole rings is 1. The van der Waals surface area contributed by atoms with E-state index in [9.17, 15) is 0 Å². The number of thiocarbonyl (C=S) groups is 1. The van der Waals surface area contributed by atoms with Crippen LogP contribution in [0.1, 0.15) is 24.1 Å². The van der Waals surface area contributed by atoms with Gasteiger partial charge in [-0.25, -0.2) is 0 Å². The minimum absolute atomic E-state index is 0.689. The van der Waals surface area contributed by atoms with E-state index in [0.717, 1.165) is 54.3 Å². The van der Waals surface area contributed by atoms with E-state index in [1.807, 2.05) is 36.4 Å². The molecule has 37 heavy (non-hydrogen) atoms. The Morgan fingerprint density at radius 2 is 1.49 bits per heavy atom. The highest BCUT2D eigenvalue weighted by atomic mass is 32.1. The Kier molecular flexibility index (Phi) is 6.18. The second-order valence-electron chi connectivity index (χ2n) is 9.30. The normalized spacial score (nSPS) is 12.8. The highest BCUT2D eigenvalue weighted by Crippen LogP contribution is 2.40. The minimum Gasteiger partial charge on any atom is -0.497 e. The zero-order valence-electron chi connectivity index (χ0n) is 21.0. The van der Waals surface area contributed by atoms with E-state index in [1.54, 1.807) is 14.2 Å². The van der Waals surface area contributed by atoms with Crippen molar-refractivity contribution >= 4 is 28.5 Å². The first-order valence-electron chi connectivity index (χ1n) is 12.6. The summed E-state index contributed by atoms with van der Waals surface area (Å²) in [5, 5.41) is 3.50. The molecule has 0 saturated carbocycles. The van der Waals surface area contributed by atoms with Gasteiger partial charge >= 0.3 is 0 Å². The molecule has 2 aromatic heterocycles. The molecule has 1 aliphatic heterocycles. The van der Waals surface area contributed by atoms with Gasteiger partial charge in [0.05, 0.1) is 25.6 Å². The third kappa shape index (κ3) is 4.17. The third-order valence-electron chi connectivity index (χ3n) is 7.15. The lowest BCUT2D eigenvalue weighted by atomic mass is 9.98. The summed E-state index contributed by atoms with van der Waals surface area (Å²) < 4.78 is 15.6. The van der Waals surface area contributed by atoms with Crippen LogP contribution in [0.5, 0.6) is 11.5 Å². The number of aromatic nitrogens is 2. The summed E-state index contributed by atoms with van der Waals surface area (Å²) in [6.07, 6.45) is 5.54. The van der Waals surface area contributed by atoms with Crippen LogP contribution in [0.3, 0.4) is 0 Å². The van der Waals surface area contributed by atoms with Crippen LogP contribution < -0.4 is 14.8 Å². The zero-order chi connectivity index (χ0) is 25.4. The van der Waals surface area contributed by atoms with Gasteiger partial charge in [0.15, 0.2) is 0 Å². The van der Waals surface area contributed by atoms with Crippen molar-refractivity contribution < 1.29 is 9.47 Å². The number of ether oxygens (including phenoxy) is 2. The average molecular weight is 508 g/mol. The number of anilines is 1. The van der Waals surface area contributed by atoms with E-state index in [1.165, 1.54) is 28.0 Å². The molecule has 1 aliphatic rings. The fourth-order valence-corrected chi connectivity index (χ4v) is 5.70. The molecule has 5 aromatic rings. The second-order valence-corrected chi connectivity index (χ2v) is 9.70. The van der Waals surface area contributed by atoms with E-state index >= 15 is 0 Å².